The van der Waals surface area contributed by atoms with Crippen molar-refractivity contribution in [1.29, 1.82) is 0 Å². The molecule has 1 aromatic heterocycles. The van der Waals surface area contributed by atoms with Gasteiger partial charge in [0.2, 0.25) is 5.91 Å². The molecule has 0 spiro atoms. The third-order valence-corrected chi connectivity index (χ3v) is 5.25. The van der Waals surface area contributed by atoms with E-state index in [0.29, 0.717) is 35.8 Å². The van der Waals surface area contributed by atoms with E-state index in [9.17, 15) is 14.4 Å². The number of hydrogen-bond donors (Lipinski definition) is 1. The maximum Gasteiger partial charge on any atom is 0.338 e. The lowest BCUT2D eigenvalue weighted by molar-refractivity contribution is -0.123. The molecule has 27 heavy (non-hydrogen) atoms. The van der Waals surface area contributed by atoms with E-state index in [2.05, 4.69) is 5.32 Å². The van der Waals surface area contributed by atoms with Gasteiger partial charge in [0.25, 0.3) is 5.91 Å². The summed E-state index contributed by atoms with van der Waals surface area (Å²) in [5, 5.41) is 4.69. The largest absolute Gasteiger partial charge is 0.462 e. The van der Waals surface area contributed by atoms with Crippen LogP contribution in [0.2, 0.25) is 0 Å². The average molecular weight is 386 g/mol. The molecule has 142 valence electrons. The lowest BCUT2D eigenvalue weighted by Gasteiger charge is -2.37. The van der Waals surface area contributed by atoms with Crippen LogP contribution in [0.15, 0.2) is 41.8 Å². The highest BCUT2D eigenvalue weighted by atomic mass is 32.1. The summed E-state index contributed by atoms with van der Waals surface area (Å²) in [6.45, 7) is 3.29. The van der Waals surface area contributed by atoms with Gasteiger partial charge < -0.3 is 15.0 Å². The van der Waals surface area contributed by atoms with Crippen LogP contribution in [0.3, 0.4) is 0 Å². The smallest absolute Gasteiger partial charge is 0.338 e. The first-order chi connectivity index (χ1) is 13.1. The summed E-state index contributed by atoms with van der Waals surface area (Å²) in [6, 6.07) is 10.3. The van der Waals surface area contributed by atoms with Gasteiger partial charge in [-0.1, -0.05) is 19.4 Å². The van der Waals surface area contributed by atoms with E-state index in [0.717, 1.165) is 12.8 Å². The molecule has 1 N–H and O–H groups in total. The van der Waals surface area contributed by atoms with Crippen LogP contribution < -0.4 is 5.32 Å². The molecule has 2 heterocycles. The van der Waals surface area contributed by atoms with Crippen molar-refractivity contribution in [3.63, 3.8) is 0 Å². The van der Waals surface area contributed by atoms with Gasteiger partial charge in [0.05, 0.1) is 23.0 Å². The van der Waals surface area contributed by atoms with Gasteiger partial charge in [0, 0.05) is 18.8 Å². The van der Waals surface area contributed by atoms with Gasteiger partial charge >= 0.3 is 5.97 Å². The van der Waals surface area contributed by atoms with Gasteiger partial charge in [0.1, 0.15) is 0 Å². The Morgan fingerprint density at radius 3 is 2.56 bits per heavy atom. The Morgan fingerprint density at radius 2 is 1.93 bits per heavy atom. The van der Waals surface area contributed by atoms with Gasteiger partial charge in [-0.05, 0) is 42.1 Å². The van der Waals surface area contributed by atoms with Crippen molar-refractivity contribution in [1.82, 2.24) is 4.90 Å². The van der Waals surface area contributed by atoms with Crippen LogP contribution in [0.1, 0.15) is 39.8 Å². The number of carbonyl (C=O) groups is 3. The minimum absolute atomic E-state index is 0.0278. The highest BCUT2D eigenvalue weighted by Crippen LogP contribution is 2.22. The van der Waals surface area contributed by atoms with Crippen molar-refractivity contribution >= 4 is 34.8 Å². The second-order valence-corrected chi connectivity index (χ2v) is 7.39. The van der Waals surface area contributed by atoms with Gasteiger partial charge in [-0.2, -0.15) is 0 Å². The standard InChI is InChI=1S/C20H22N2O4S/c1-2-3-10-26-20(25)14-6-8-16(9-7-14)21-18(23)15-12-22(13-15)19(24)17-5-4-11-27-17/h4-9,11,15H,2-3,10,12-13H2,1H3,(H,21,23). The fourth-order valence-electron chi connectivity index (χ4n) is 2.69. The summed E-state index contributed by atoms with van der Waals surface area (Å²) in [6.07, 6.45) is 1.81. The van der Waals surface area contributed by atoms with Crippen molar-refractivity contribution in [2.24, 2.45) is 5.92 Å². The number of hydrogen-bond acceptors (Lipinski definition) is 5. The zero-order valence-electron chi connectivity index (χ0n) is 15.1. The monoisotopic (exact) mass is 386 g/mol. The highest BCUT2D eigenvalue weighted by molar-refractivity contribution is 7.12. The molecule has 0 atom stereocenters. The quantitative estimate of drug-likeness (QED) is 0.584. The van der Waals surface area contributed by atoms with Gasteiger partial charge in [0.15, 0.2) is 0 Å². The Balaban J connectivity index is 1.46. The molecule has 0 saturated carbocycles. The molecular formula is C20H22N2O4S. The zero-order valence-corrected chi connectivity index (χ0v) is 16.0. The Bertz CT molecular complexity index is 796. The van der Waals surface area contributed by atoms with Gasteiger partial charge in [-0.15, -0.1) is 11.3 Å². The maximum absolute atomic E-state index is 12.3. The average Bonchev–Trinajstić information content (AvgIpc) is 3.16. The topological polar surface area (TPSA) is 75.7 Å². The molecule has 2 amide bonds. The van der Waals surface area contributed by atoms with Crippen molar-refractivity contribution in [2.45, 2.75) is 19.8 Å². The van der Waals surface area contributed by atoms with E-state index in [1.54, 1.807) is 35.2 Å². The first kappa shape index (κ1) is 19.1. The fraction of sp³-hybridized carbons (Fsp3) is 0.350. The Labute approximate surface area is 162 Å². The first-order valence-electron chi connectivity index (χ1n) is 8.99. The van der Waals surface area contributed by atoms with E-state index in [1.165, 1.54) is 11.3 Å². The number of rotatable bonds is 7. The summed E-state index contributed by atoms with van der Waals surface area (Å²) in [7, 11) is 0. The van der Waals surface area contributed by atoms with Crippen LogP contribution in [0.25, 0.3) is 0 Å². The lowest BCUT2D eigenvalue weighted by Crippen LogP contribution is -2.54. The molecule has 1 aromatic carbocycles. The molecule has 7 heteroatoms. The number of esters is 1. The zero-order chi connectivity index (χ0) is 19.2. The van der Waals surface area contributed by atoms with Crippen LogP contribution in [-0.4, -0.2) is 42.4 Å². The molecule has 1 fully saturated rings. The normalized spacial score (nSPS) is 13.7. The van der Waals surface area contributed by atoms with E-state index in [-0.39, 0.29) is 23.7 Å². The molecule has 1 aliphatic rings. The fourth-order valence-corrected chi connectivity index (χ4v) is 3.38. The molecular weight excluding hydrogens is 364 g/mol. The summed E-state index contributed by atoms with van der Waals surface area (Å²) in [5.74, 6) is -0.723. The number of likely N-dealkylation sites (tertiary alicyclic amines) is 1. The van der Waals surface area contributed by atoms with Crippen LogP contribution >= 0.6 is 11.3 Å². The molecule has 0 radical (unpaired) electrons. The van der Waals surface area contributed by atoms with E-state index in [1.807, 2.05) is 18.4 Å². The number of anilines is 1. The summed E-state index contributed by atoms with van der Waals surface area (Å²) in [5.41, 5.74) is 1.08. The number of nitrogens with zero attached hydrogens (tertiary/aromatic N) is 1. The minimum Gasteiger partial charge on any atom is -0.462 e. The predicted octanol–water partition coefficient (Wildman–Crippen LogP) is 3.42. The molecule has 1 saturated heterocycles. The lowest BCUT2D eigenvalue weighted by atomic mass is 9.98. The highest BCUT2D eigenvalue weighted by Gasteiger charge is 2.36. The van der Waals surface area contributed by atoms with E-state index >= 15 is 0 Å². The van der Waals surface area contributed by atoms with Crippen molar-refractivity contribution < 1.29 is 19.1 Å². The Morgan fingerprint density at radius 1 is 1.19 bits per heavy atom. The number of unbranched alkanes of at least 4 members (excludes halogenated alkanes) is 1. The Kier molecular flexibility index (Phi) is 6.24. The van der Waals surface area contributed by atoms with Crippen LogP contribution in [-0.2, 0) is 9.53 Å². The SMILES string of the molecule is CCCCOC(=O)c1ccc(NC(=O)C2CN(C(=O)c3cccs3)C2)cc1. The van der Waals surface area contributed by atoms with Crippen molar-refractivity contribution in [3.8, 4) is 0 Å². The van der Waals surface area contributed by atoms with Crippen LogP contribution in [0.5, 0.6) is 0 Å². The Hall–Kier alpha value is -2.67. The van der Waals surface area contributed by atoms with E-state index < -0.39 is 0 Å². The second kappa shape index (κ2) is 8.81. The van der Waals surface area contributed by atoms with Crippen LogP contribution in [0, 0.1) is 5.92 Å². The molecule has 6 nitrogen and oxygen atoms in total. The number of amides is 2. The third kappa shape index (κ3) is 4.74. The van der Waals surface area contributed by atoms with Crippen molar-refractivity contribution in [3.05, 3.63) is 52.2 Å². The summed E-state index contributed by atoms with van der Waals surface area (Å²) in [4.78, 5) is 38.7. The van der Waals surface area contributed by atoms with Crippen molar-refractivity contribution in [2.75, 3.05) is 25.0 Å². The molecule has 3 rings (SSSR count). The molecule has 2 aromatic rings. The molecule has 0 aliphatic carbocycles. The molecule has 0 bridgehead atoms. The molecule has 0 unspecified atom stereocenters. The van der Waals surface area contributed by atoms with Gasteiger partial charge in [-0.25, -0.2) is 4.79 Å². The number of thiophene rings is 1. The summed E-state index contributed by atoms with van der Waals surface area (Å²) >= 11 is 1.40. The second-order valence-electron chi connectivity index (χ2n) is 6.44. The number of benzene rings is 1. The maximum atomic E-state index is 12.3. The van der Waals surface area contributed by atoms with Gasteiger partial charge in [-0.3, -0.25) is 9.59 Å². The van der Waals surface area contributed by atoms with Crippen LogP contribution in [0.4, 0.5) is 5.69 Å². The predicted molar refractivity (Wildman–Crippen MR) is 104 cm³/mol. The number of carbonyl (C=O) groups excluding carboxylic acids is 3. The molecule has 1 aliphatic heterocycles. The number of ether oxygens (including phenoxy) is 1. The summed E-state index contributed by atoms with van der Waals surface area (Å²) < 4.78 is 5.16. The van der Waals surface area contributed by atoms with E-state index in [4.69, 9.17) is 4.74 Å². The third-order valence-electron chi connectivity index (χ3n) is 4.39. The number of nitrogens with one attached hydrogen (secondary N) is 1. The minimum atomic E-state index is -0.358. The first-order valence-corrected chi connectivity index (χ1v) is 9.87.